The van der Waals surface area contributed by atoms with Crippen molar-refractivity contribution in [1.29, 1.82) is 0 Å². The Morgan fingerprint density at radius 3 is 2.62 bits per heavy atom. The molecule has 8 nitrogen and oxygen atoms in total. The summed E-state index contributed by atoms with van der Waals surface area (Å²) in [5.74, 6) is -5.60. The maximum atomic E-state index is 13.8. The number of carboxylic acids is 1. The average molecular weight is 404 g/mol. The summed E-state index contributed by atoms with van der Waals surface area (Å²) >= 11 is 0. The molecule has 0 radical (unpaired) electrons. The number of carbonyl (C=O) groups is 2. The number of halogens is 2. The average Bonchev–Trinajstić information content (AvgIpc) is 2.68. The summed E-state index contributed by atoms with van der Waals surface area (Å²) < 4.78 is 33.5. The van der Waals surface area contributed by atoms with Crippen molar-refractivity contribution >= 4 is 22.8 Å². The van der Waals surface area contributed by atoms with Crippen molar-refractivity contribution in [3.63, 3.8) is 0 Å². The summed E-state index contributed by atoms with van der Waals surface area (Å²) in [4.78, 5) is 35.2. The number of carbonyl (C=O) groups excluding carboxylic acids is 1. The smallest absolute Gasteiger partial charge is 0.322 e. The molecule has 0 saturated heterocycles. The number of aromatic hydroxyl groups is 1. The van der Waals surface area contributed by atoms with E-state index in [1.165, 1.54) is 37.4 Å². The number of aromatic nitrogens is 1. The molecular weight excluding hydrogens is 390 g/mol. The molecule has 0 atom stereocenters. The van der Waals surface area contributed by atoms with Crippen LogP contribution in [0.1, 0.15) is 10.4 Å². The van der Waals surface area contributed by atoms with Crippen molar-refractivity contribution in [1.82, 2.24) is 9.88 Å². The number of hydrogen-bond acceptors (Lipinski definition) is 5. The lowest BCUT2D eigenvalue weighted by Gasteiger charge is -2.13. The number of nitrogens with zero attached hydrogens (tertiary/aromatic N) is 1. The lowest BCUT2D eigenvalue weighted by atomic mass is 10.1. The summed E-state index contributed by atoms with van der Waals surface area (Å²) in [6.45, 7) is -0.731. The van der Waals surface area contributed by atoms with Gasteiger partial charge in [0.25, 0.3) is 11.5 Å². The van der Waals surface area contributed by atoms with Gasteiger partial charge in [-0.25, -0.2) is 4.39 Å². The first-order valence-electron chi connectivity index (χ1n) is 8.18. The molecule has 2 aromatic carbocycles. The fourth-order valence-corrected chi connectivity index (χ4v) is 2.70. The Labute approximate surface area is 161 Å². The quantitative estimate of drug-likeness (QED) is 0.600. The molecule has 150 valence electrons. The Morgan fingerprint density at radius 1 is 1.21 bits per heavy atom. The van der Waals surface area contributed by atoms with Crippen LogP contribution in [-0.2, 0) is 11.8 Å². The third kappa shape index (κ3) is 3.72. The maximum Gasteiger partial charge on any atom is 0.322 e. The van der Waals surface area contributed by atoms with Gasteiger partial charge in [0.15, 0.2) is 11.6 Å². The van der Waals surface area contributed by atoms with Crippen LogP contribution in [0.2, 0.25) is 0 Å². The van der Waals surface area contributed by atoms with Crippen LogP contribution in [0.3, 0.4) is 0 Å². The predicted octanol–water partition coefficient (Wildman–Crippen LogP) is 2.13. The first-order valence-corrected chi connectivity index (χ1v) is 8.18. The van der Waals surface area contributed by atoms with Crippen molar-refractivity contribution in [2.45, 2.75) is 0 Å². The molecule has 29 heavy (non-hydrogen) atoms. The molecule has 0 saturated carbocycles. The minimum atomic E-state index is -1.32. The molecule has 1 heterocycles. The third-order valence-corrected chi connectivity index (χ3v) is 4.11. The van der Waals surface area contributed by atoms with Crippen LogP contribution < -0.4 is 15.6 Å². The van der Waals surface area contributed by atoms with E-state index in [1.54, 1.807) is 0 Å². The number of amides is 1. The molecule has 0 unspecified atom stereocenters. The zero-order valence-electron chi connectivity index (χ0n) is 14.9. The molecule has 0 fully saturated rings. The van der Waals surface area contributed by atoms with Crippen molar-refractivity contribution in [3.8, 4) is 17.2 Å². The van der Waals surface area contributed by atoms with Gasteiger partial charge in [-0.2, -0.15) is 4.39 Å². The van der Waals surface area contributed by atoms with Crippen LogP contribution in [0, 0.1) is 11.6 Å². The second kappa shape index (κ2) is 7.58. The predicted molar refractivity (Wildman–Crippen MR) is 97.3 cm³/mol. The number of aryl methyl sites for hydroxylation is 1. The van der Waals surface area contributed by atoms with E-state index in [4.69, 9.17) is 9.84 Å². The molecule has 1 aromatic heterocycles. The minimum Gasteiger partial charge on any atom is -0.506 e. The number of pyridine rings is 1. The van der Waals surface area contributed by atoms with Crippen LogP contribution in [0.15, 0.2) is 41.2 Å². The molecule has 0 bridgehead atoms. The lowest BCUT2D eigenvalue weighted by molar-refractivity contribution is -0.135. The number of benzene rings is 2. The van der Waals surface area contributed by atoms with Crippen LogP contribution in [0.5, 0.6) is 17.2 Å². The summed E-state index contributed by atoms with van der Waals surface area (Å²) in [7, 11) is 1.32. The summed E-state index contributed by atoms with van der Waals surface area (Å²) in [5, 5.41) is 21.1. The van der Waals surface area contributed by atoms with Crippen LogP contribution in [0.4, 0.5) is 8.78 Å². The molecule has 3 rings (SSSR count). The summed E-state index contributed by atoms with van der Waals surface area (Å²) in [5.41, 5.74) is -1.35. The molecule has 3 N–H and O–H groups in total. The van der Waals surface area contributed by atoms with E-state index in [1.807, 2.05) is 5.32 Å². The summed E-state index contributed by atoms with van der Waals surface area (Å²) in [6, 6.07) is 7.37. The van der Waals surface area contributed by atoms with Crippen LogP contribution in [-0.4, -0.2) is 33.2 Å². The first kappa shape index (κ1) is 19.8. The standard InChI is InChI=1S/C19H14F2N2O6/c1-23-12-7-9(29-13-4-2-3-11(20)16(13)21)5-6-10(12)17(26)15(19(23)28)18(27)22-8-14(24)25/h2-7,26H,8H2,1H3,(H,22,27)(H,24,25). The van der Waals surface area contributed by atoms with Crippen molar-refractivity contribution in [2.75, 3.05) is 6.54 Å². The van der Waals surface area contributed by atoms with Gasteiger partial charge in [-0.1, -0.05) is 6.07 Å². The molecular formula is C19H14F2N2O6. The highest BCUT2D eigenvalue weighted by Crippen LogP contribution is 2.32. The molecule has 3 aromatic rings. The maximum absolute atomic E-state index is 13.8. The van der Waals surface area contributed by atoms with Gasteiger partial charge >= 0.3 is 5.97 Å². The Kier molecular flexibility index (Phi) is 5.18. The van der Waals surface area contributed by atoms with Crippen LogP contribution >= 0.6 is 0 Å². The zero-order valence-corrected chi connectivity index (χ0v) is 14.9. The van der Waals surface area contributed by atoms with E-state index >= 15 is 0 Å². The van der Waals surface area contributed by atoms with Gasteiger partial charge in [-0.3, -0.25) is 14.4 Å². The SMILES string of the molecule is Cn1c(=O)c(C(=O)NCC(=O)O)c(O)c2ccc(Oc3cccc(F)c3F)cc21. The van der Waals surface area contributed by atoms with Gasteiger partial charge in [0.1, 0.15) is 23.6 Å². The fraction of sp³-hybridized carbons (Fsp3) is 0.105. The minimum absolute atomic E-state index is 0.0551. The van der Waals surface area contributed by atoms with Gasteiger partial charge in [0.2, 0.25) is 5.82 Å². The zero-order chi connectivity index (χ0) is 21.3. The highest BCUT2D eigenvalue weighted by molar-refractivity contribution is 6.03. The number of nitrogens with one attached hydrogen (secondary N) is 1. The number of fused-ring (bicyclic) bond motifs is 1. The molecule has 1 amide bonds. The van der Waals surface area contributed by atoms with Gasteiger partial charge in [0.05, 0.1) is 5.52 Å². The lowest BCUT2D eigenvalue weighted by Crippen LogP contribution is -2.35. The first-order chi connectivity index (χ1) is 13.7. The molecule has 0 aliphatic rings. The second-order valence-corrected chi connectivity index (χ2v) is 6.00. The number of carboxylic acid groups (broad SMARTS) is 1. The van der Waals surface area contributed by atoms with E-state index in [0.717, 1.165) is 10.6 Å². The fourth-order valence-electron chi connectivity index (χ4n) is 2.70. The highest BCUT2D eigenvalue weighted by Gasteiger charge is 2.22. The largest absolute Gasteiger partial charge is 0.506 e. The monoisotopic (exact) mass is 404 g/mol. The summed E-state index contributed by atoms with van der Waals surface area (Å²) in [6.07, 6.45) is 0. The van der Waals surface area contributed by atoms with E-state index in [9.17, 15) is 28.3 Å². The second-order valence-electron chi connectivity index (χ2n) is 6.00. The number of hydrogen-bond donors (Lipinski definition) is 3. The molecule has 0 spiro atoms. The Hall–Kier alpha value is -3.95. The van der Waals surface area contributed by atoms with Crippen molar-refractivity contribution in [2.24, 2.45) is 7.05 Å². The Bertz CT molecular complexity index is 1210. The van der Waals surface area contributed by atoms with Crippen molar-refractivity contribution < 1.29 is 33.3 Å². The van der Waals surface area contributed by atoms with E-state index < -0.39 is 46.9 Å². The molecule has 10 heteroatoms. The van der Waals surface area contributed by atoms with Crippen molar-refractivity contribution in [3.05, 3.63) is 63.9 Å². The van der Waals surface area contributed by atoms with Gasteiger partial charge < -0.3 is 24.8 Å². The van der Waals surface area contributed by atoms with E-state index in [0.29, 0.717) is 0 Å². The Morgan fingerprint density at radius 2 is 1.93 bits per heavy atom. The number of aliphatic carboxylic acids is 1. The number of ether oxygens (including phenoxy) is 1. The molecule has 0 aliphatic carbocycles. The number of rotatable bonds is 5. The van der Waals surface area contributed by atoms with Gasteiger partial charge in [-0.05, 0) is 24.3 Å². The Balaban J connectivity index is 2.06. The molecule has 0 aliphatic heterocycles. The van der Waals surface area contributed by atoms with Gasteiger partial charge in [-0.15, -0.1) is 0 Å². The third-order valence-electron chi connectivity index (χ3n) is 4.11. The van der Waals surface area contributed by atoms with E-state index in [-0.39, 0.29) is 22.4 Å². The topological polar surface area (TPSA) is 118 Å². The van der Waals surface area contributed by atoms with Gasteiger partial charge in [0, 0.05) is 18.5 Å². The highest BCUT2D eigenvalue weighted by atomic mass is 19.2. The van der Waals surface area contributed by atoms with E-state index in [2.05, 4.69) is 0 Å². The normalized spacial score (nSPS) is 10.7. The van der Waals surface area contributed by atoms with Crippen LogP contribution in [0.25, 0.3) is 10.9 Å².